The predicted octanol–water partition coefficient (Wildman–Crippen LogP) is 3.34. The molecule has 3 aliphatic heterocycles. The average molecular weight is 441 g/mol. The number of rotatable bonds is 4. The third kappa shape index (κ3) is 2.95. The zero-order valence-electron chi connectivity index (χ0n) is 19.6. The number of fused-ring (bicyclic) bond motifs is 2. The van der Waals surface area contributed by atoms with Gasteiger partial charge in [-0.15, -0.1) is 0 Å². The number of hydrogen-bond acceptors (Lipinski definition) is 6. The van der Waals surface area contributed by atoms with Crippen LogP contribution in [0.1, 0.15) is 39.5 Å². The molecule has 0 unspecified atom stereocenters. The molecule has 2 saturated carbocycles. The first-order valence-electron chi connectivity index (χ1n) is 12.4. The van der Waals surface area contributed by atoms with Crippen molar-refractivity contribution in [2.45, 2.75) is 57.3 Å². The van der Waals surface area contributed by atoms with Crippen molar-refractivity contribution >= 4 is 11.7 Å². The summed E-state index contributed by atoms with van der Waals surface area (Å²) in [5.74, 6) is 1.67. The third-order valence-electron chi connectivity index (χ3n) is 9.46. The number of anilines is 1. The lowest BCUT2D eigenvalue weighted by atomic mass is 9.53. The van der Waals surface area contributed by atoms with E-state index in [9.17, 15) is 4.79 Å². The summed E-state index contributed by atoms with van der Waals surface area (Å²) in [5, 5.41) is 0. The number of benzene rings is 1. The molecule has 1 spiro atoms. The van der Waals surface area contributed by atoms with Crippen LogP contribution in [0.2, 0.25) is 0 Å². The maximum absolute atomic E-state index is 13.0. The molecule has 6 nitrogen and oxygen atoms in total. The molecule has 174 valence electrons. The molecule has 0 radical (unpaired) electrons. The lowest BCUT2D eigenvalue weighted by Gasteiger charge is -2.49. The first-order valence-corrected chi connectivity index (χ1v) is 12.4. The number of hydrogen-bond donors (Lipinski definition) is 0. The fraction of sp³-hybridized carbons (Fsp3) is 0.731. The summed E-state index contributed by atoms with van der Waals surface area (Å²) in [5.41, 5.74) is 1.39. The lowest BCUT2D eigenvalue weighted by Crippen LogP contribution is -2.55. The molecule has 7 atom stereocenters. The second-order valence-corrected chi connectivity index (χ2v) is 11.0. The molecule has 0 aromatic heterocycles. The highest BCUT2D eigenvalue weighted by Gasteiger charge is 2.78. The Morgan fingerprint density at radius 2 is 1.91 bits per heavy atom. The molecule has 6 rings (SSSR count). The molecule has 0 N–H and O–H groups in total. The van der Waals surface area contributed by atoms with Crippen molar-refractivity contribution in [3.63, 3.8) is 0 Å². The van der Waals surface area contributed by atoms with E-state index in [4.69, 9.17) is 14.2 Å². The van der Waals surface area contributed by atoms with Gasteiger partial charge in [0.05, 0.1) is 19.1 Å². The van der Waals surface area contributed by atoms with Crippen LogP contribution in [-0.4, -0.2) is 68.5 Å². The zero-order chi connectivity index (χ0) is 22.1. The summed E-state index contributed by atoms with van der Waals surface area (Å²) in [4.78, 5) is 17.9. The standard InChI is InChI=1S/C26H36N2O4/c1-17-5-4-10-25(2)15-21-22(23-26(17,25)32-23)20(24(29)31-21)16-27-11-13-28(14-12-27)18-6-8-19(30-3)9-7-18/h6-9,17,20-23H,4-5,10-16H2,1-3H3/t17-,20+,21+,22+,23+,25+,26+/m0/s1. The van der Waals surface area contributed by atoms with Gasteiger partial charge in [-0.25, -0.2) is 0 Å². The van der Waals surface area contributed by atoms with Crippen LogP contribution in [0.25, 0.3) is 0 Å². The number of carbonyl (C=O) groups excluding carboxylic acids is 1. The summed E-state index contributed by atoms with van der Waals surface area (Å²) in [6.45, 7) is 9.44. The molecule has 3 saturated heterocycles. The molecule has 1 aromatic carbocycles. The molecule has 2 aliphatic carbocycles. The van der Waals surface area contributed by atoms with Crippen LogP contribution in [0.3, 0.4) is 0 Å². The SMILES string of the molecule is COc1ccc(N2CCN(C[C@H]3C(=O)O[C@@H]4C[C@@]5(C)CCC[C@H](C)[C@]56O[C@@H]6[C@@H]43)CC2)cc1. The third-order valence-corrected chi connectivity index (χ3v) is 9.46. The topological polar surface area (TPSA) is 54.5 Å². The number of carbonyl (C=O) groups is 1. The molecule has 5 aliphatic rings. The highest BCUT2D eigenvalue weighted by atomic mass is 16.6. The molecule has 3 heterocycles. The Hall–Kier alpha value is -1.79. The summed E-state index contributed by atoms with van der Waals surface area (Å²) >= 11 is 0. The van der Waals surface area contributed by atoms with E-state index in [1.54, 1.807) is 7.11 Å². The summed E-state index contributed by atoms with van der Waals surface area (Å²) < 4.78 is 17.9. The number of epoxide rings is 1. The highest BCUT2D eigenvalue weighted by Crippen LogP contribution is 2.70. The first-order chi connectivity index (χ1) is 15.4. The van der Waals surface area contributed by atoms with Crippen molar-refractivity contribution in [2.75, 3.05) is 44.7 Å². The Balaban J connectivity index is 1.12. The second kappa shape index (κ2) is 7.36. The van der Waals surface area contributed by atoms with Crippen molar-refractivity contribution in [2.24, 2.45) is 23.2 Å². The Bertz CT molecular complexity index is 882. The Morgan fingerprint density at radius 1 is 1.16 bits per heavy atom. The van der Waals surface area contributed by atoms with Gasteiger partial charge in [0.2, 0.25) is 0 Å². The Kier molecular flexibility index (Phi) is 4.78. The van der Waals surface area contributed by atoms with Gasteiger partial charge in [-0.1, -0.05) is 20.3 Å². The maximum Gasteiger partial charge on any atom is 0.311 e. The minimum absolute atomic E-state index is 0.00822. The van der Waals surface area contributed by atoms with Crippen molar-refractivity contribution in [3.05, 3.63) is 24.3 Å². The van der Waals surface area contributed by atoms with Crippen molar-refractivity contribution < 1.29 is 19.0 Å². The molecule has 5 fully saturated rings. The number of nitrogens with zero attached hydrogens (tertiary/aromatic N) is 2. The first kappa shape index (κ1) is 20.8. The number of piperazine rings is 1. The largest absolute Gasteiger partial charge is 0.497 e. The normalized spacial score (nSPS) is 43.2. The van der Waals surface area contributed by atoms with E-state index in [0.717, 1.165) is 44.9 Å². The van der Waals surface area contributed by atoms with E-state index < -0.39 is 0 Å². The van der Waals surface area contributed by atoms with Crippen LogP contribution in [0.5, 0.6) is 5.75 Å². The summed E-state index contributed by atoms with van der Waals surface area (Å²) in [6, 6.07) is 8.29. The minimum Gasteiger partial charge on any atom is -0.497 e. The van der Waals surface area contributed by atoms with Crippen LogP contribution in [0, 0.1) is 23.2 Å². The van der Waals surface area contributed by atoms with Crippen LogP contribution < -0.4 is 9.64 Å². The van der Waals surface area contributed by atoms with E-state index in [-0.39, 0.29) is 41.0 Å². The number of ether oxygens (including phenoxy) is 3. The molecule has 32 heavy (non-hydrogen) atoms. The van der Waals surface area contributed by atoms with Crippen LogP contribution >= 0.6 is 0 Å². The summed E-state index contributed by atoms with van der Waals surface area (Å²) in [7, 11) is 1.70. The zero-order valence-corrected chi connectivity index (χ0v) is 19.6. The second-order valence-electron chi connectivity index (χ2n) is 11.0. The monoisotopic (exact) mass is 440 g/mol. The summed E-state index contributed by atoms with van der Waals surface area (Å²) in [6.07, 6.45) is 4.94. The van der Waals surface area contributed by atoms with E-state index in [1.165, 1.54) is 24.9 Å². The van der Waals surface area contributed by atoms with Crippen LogP contribution in [-0.2, 0) is 14.3 Å². The van der Waals surface area contributed by atoms with Gasteiger partial charge in [0.25, 0.3) is 0 Å². The van der Waals surface area contributed by atoms with Gasteiger partial charge >= 0.3 is 5.97 Å². The van der Waals surface area contributed by atoms with Crippen molar-refractivity contribution in [1.82, 2.24) is 4.90 Å². The van der Waals surface area contributed by atoms with E-state index in [2.05, 4.69) is 35.8 Å². The highest BCUT2D eigenvalue weighted by molar-refractivity contribution is 5.76. The van der Waals surface area contributed by atoms with Gasteiger partial charge in [-0.05, 0) is 49.4 Å². The fourth-order valence-electron chi connectivity index (χ4n) is 7.70. The minimum atomic E-state index is -0.0458. The Labute approximate surface area is 191 Å². The maximum atomic E-state index is 13.0. The Morgan fingerprint density at radius 3 is 2.62 bits per heavy atom. The molecule has 0 bridgehead atoms. The van der Waals surface area contributed by atoms with Gasteiger partial charge in [-0.2, -0.15) is 0 Å². The molecular weight excluding hydrogens is 404 g/mol. The number of esters is 1. The molecular formula is C26H36N2O4. The van der Waals surface area contributed by atoms with Gasteiger partial charge < -0.3 is 19.1 Å². The van der Waals surface area contributed by atoms with E-state index >= 15 is 0 Å². The van der Waals surface area contributed by atoms with E-state index in [0.29, 0.717) is 5.92 Å². The average Bonchev–Trinajstić information content (AvgIpc) is 3.49. The molecule has 1 aromatic rings. The van der Waals surface area contributed by atoms with Crippen LogP contribution in [0.4, 0.5) is 5.69 Å². The van der Waals surface area contributed by atoms with E-state index in [1.807, 2.05) is 12.1 Å². The fourth-order valence-corrected chi connectivity index (χ4v) is 7.70. The van der Waals surface area contributed by atoms with Gasteiger partial charge in [0.15, 0.2) is 0 Å². The van der Waals surface area contributed by atoms with Gasteiger partial charge in [0.1, 0.15) is 17.5 Å². The molecule has 0 amide bonds. The quantitative estimate of drug-likeness (QED) is 0.529. The predicted molar refractivity (Wildman–Crippen MR) is 122 cm³/mol. The number of methoxy groups -OCH3 is 1. The van der Waals surface area contributed by atoms with Gasteiger partial charge in [0, 0.05) is 49.7 Å². The molecule has 6 heteroatoms. The van der Waals surface area contributed by atoms with Crippen molar-refractivity contribution in [1.29, 1.82) is 0 Å². The van der Waals surface area contributed by atoms with Gasteiger partial charge in [-0.3, -0.25) is 9.69 Å². The lowest BCUT2D eigenvalue weighted by molar-refractivity contribution is -0.146. The smallest absolute Gasteiger partial charge is 0.311 e. The van der Waals surface area contributed by atoms with Crippen molar-refractivity contribution in [3.8, 4) is 5.75 Å². The van der Waals surface area contributed by atoms with Crippen LogP contribution in [0.15, 0.2) is 24.3 Å².